The van der Waals surface area contributed by atoms with E-state index in [-0.39, 0.29) is 5.91 Å². The maximum atomic E-state index is 11.7. The van der Waals surface area contributed by atoms with Gasteiger partial charge in [-0.15, -0.1) is 0 Å². The van der Waals surface area contributed by atoms with Gasteiger partial charge >= 0.3 is 0 Å². The van der Waals surface area contributed by atoms with Crippen molar-refractivity contribution in [2.24, 2.45) is 0 Å². The first-order valence-corrected chi connectivity index (χ1v) is 5.95. The molecule has 0 unspecified atom stereocenters. The molecule has 1 aromatic rings. The van der Waals surface area contributed by atoms with Crippen LogP contribution in [0.15, 0.2) is 28.3 Å². The van der Waals surface area contributed by atoms with E-state index in [9.17, 15) is 4.79 Å². The van der Waals surface area contributed by atoms with Crippen molar-refractivity contribution in [2.75, 3.05) is 5.32 Å². The van der Waals surface area contributed by atoms with Crippen molar-refractivity contribution in [1.82, 2.24) is 4.98 Å². The topological polar surface area (TPSA) is 42.0 Å². The van der Waals surface area contributed by atoms with Crippen LogP contribution < -0.4 is 5.32 Å². The molecule has 3 nitrogen and oxygen atoms in total. The smallest absolute Gasteiger partial charge is 0.252 e. The number of allylic oxidation sites excluding steroid dienone is 1. The van der Waals surface area contributed by atoms with E-state index in [0.717, 1.165) is 16.6 Å². The molecule has 0 spiro atoms. The number of hydrogen-bond acceptors (Lipinski definition) is 2. The van der Waals surface area contributed by atoms with E-state index >= 15 is 0 Å². The van der Waals surface area contributed by atoms with Gasteiger partial charge in [-0.3, -0.25) is 4.79 Å². The number of nitrogens with one attached hydrogen (secondary N) is 1. The molecular formula is C12H15BrN2O. The van der Waals surface area contributed by atoms with Gasteiger partial charge in [0.2, 0.25) is 0 Å². The molecule has 1 amide bonds. The van der Waals surface area contributed by atoms with Gasteiger partial charge in [0.1, 0.15) is 5.82 Å². The fourth-order valence-corrected chi connectivity index (χ4v) is 1.45. The fraction of sp³-hybridized carbons (Fsp3) is 0.333. The Morgan fingerprint density at radius 1 is 1.56 bits per heavy atom. The maximum Gasteiger partial charge on any atom is 0.252 e. The predicted molar refractivity (Wildman–Crippen MR) is 69.4 cm³/mol. The molecule has 0 aliphatic carbocycles. The van der Waals surface area contributed by atoms with Gasteiger partial charge in [-0.05, 0) is 48.3 Å². The zero-order chi connectivity index (χ0) is 12.1. The second kappa shape index (κ2) is 5.80. The van der Waals surface area contributed by atoms with Crippen LogP contribution in [-0.4, -0.2) is 10.9 Å². The van der Waals surface area contributed by atoms with Gasteiger partial charge in [-0.2, -0.15) is 0 Å². The van der Waals surface area contributed by atoms with Crippen LogP contribution in [0.3, 0.4) is 0 Å². The Labute approximate surface area is 104 Å². The Morgan fingerprint density at radius 2 is 2.25 bits per heavy atom. The molecule has 1 N–H and O–H groups in total. The third-order valence-electron chi connectivity index (χ3n) is 2.13. The first-order valence-electron chi connectivity index (χ1n) is 5.16. The lowest BCUT2D eigenvalue weighted by Crippen LogP contribution is -2.13. The van der Waals surface area contributed by atoms with Gasteiger partial charge < -0.3 is 5.32 Å². The highest BCUT2D eigenvalue weighted by atomic mass is 79.9. The summed E-state index contributed by atoms with van der Waals surface area (Å²) >= 11 is 3.36. The highest BCUT2D eigenvalue weighted by Gasteiger charge is 2.05. The zero-order valence-corrected chi connectivity index (χ0v) is 11.3. The number of rotatable bonds is 3. The standard InChI is InChI=1S/C12H15BrN2O/c1-4-5-8(2)12(16)15-11-7-6-10(13)9(3)14-11/h5-7H,4H2,1-3H3,(H,14,15,16). The fourth-order valence-electron chi connectivity index (χ4n) is 1.23. The van der Waals surface area contributed by atoms with Crippen LogP contribution in [0.5, 0.6) is 0 Å². The molecule has 4 heteroatoms. The van der Waals surface area contributed by atoms with Crippen molar-refractivity contribution in [3.63, 3.8) is 0 Å². The molecule has 0 saturated heterocycles. The summed E-state index contributed by atoms with van der Waals surface area (Å²) in [7, 11) is 0. The summed E-state index contributed by atoms with van der Waals surface area (Å²) in [6, 6.07) is 3.64. The van der Waals surface area contributed by atoms with Crippen molar-refractivity contribution in [1.29, 1.82) is 0 Å². The SMILES string of the molecule is CCC=C(C)C(=O)Nc1ccc(Br)c(C)n1. The number of carbonyl (C=O) groups excluding carboxylic acids is 1. The van der Waals surface area contributed by atoms with E-state index in [1.807, 2.05) is 26.0 Å². The average Bonchev–Trinajstić information content (AvgIpc) is 2.24. The molecule has 0 fully saturated rings. The van der Waals surface area contributed by atoms with Crippen molar-refractivity contribution in [3.8, 4) is 0 Å². The molecule has 0 aromatic carbocycles. The van der Waals surface area contributed by atoms with Crippen molar-refractivity contribution in [2.45, 2.75) is 27.2 Å². The Kier molecular flexibility index (Phi) is 4.68. The molecule has 1 heterocycles. The van der Waals surface area contributed by atoms with Gasteiger partial charge in [-0.25, -0.2) is 4.98 Å². The monoisotopic (exact) mass is 282 g/mol. The average molecular weight is 283 g/mol. The molecule has 0 atom stereocenters. The second-order valence-corrected chi connectivity index (χ2v) is 4.37. The van der Waals surface area contributed by atoms with E-state index in [1.165, 1.54) is 0 Å². The van der Waals surface area contributed by atoms with E-state index in [0.29, 0.717) is 11.4 Å². The van der Waals surface area contributed by atoms with Gasteiger partial charge in [0.05, 0.1) is 5.69 Å². The number of aromatic nitrogens is 1. The molecule has 0 bridgehead atoms. The maximum absolute atomic E-state index is 11.7. The third kappa shape index (κ3) is 3.45. The van der Waals surface area contributed by atoms with Crippen molar-refractivity contribution in [3.05, 3.63) is 33.9 Å². The predicted octanol–water partition coefficient (Wildman–Crippen LogP) is 3.45. The number of aryl methyl sites for hydroxylation is 1. The van der Waals surface area contributed by atoms with Crippen LogP contribution >= 0.6 is 15.9 Å². The highest BCUT2D eigenvalue weighted by Crippen LogP contribution is 2.16. The summed E-state index contributed by atoms with van der Waals surface area (Å²) in [5, 5.41) is 2.76. The van der Waals surface area contributed by atoms with Gasteiger partial charge in [-0.1, -0.05) is 13.0 Å². The number of amides is 1. The molecule has 86 valence electrons. The quantitative estimate of drug-likeness (QED) is 0.863. The Hall–Kier alpha value is -1.16. The lowest BCUT2D eigenvalue weighted by Gasteiger charge is -2.06. The summed E-state index contributed by atoms with van der Waals surface area (Å²) < 4.78 is 0.936. The third-order valence-corrected chi connectivity index (χ3v) is 2.97. The molecule has 0 saturated carbocycles. The van der Waals surface area contributed by atoms with Gasteiger partial charge in [0.25, 0.3) is 5.91 Å². The molecular weight excluding hydrogens is 268 g/mol. The molecule has 1 aromatic heterocycles. The lowest BCUT2D eigenvalue weighted by atomic mass is 10.2. The molecule has 16 heavy (non-hydrogen) atoms. The highest BCUT2D eigenvalue weighted by molar-refractivity contribution is 9.10. The number of carbonyl (C=O) groups is 1. The van der Waals surface area contributed by atoms with Crippen LogP contribution in [-0.2, 0) is 4.79 Å². The summed E-state index contributed by atoms with van der Waals surface area (Å²) in [5.74, 6) is 0.477. The molecule has 0 radical (unpaired) electrons. The summed E-state index contributed by atoms with van der Waals surface area (Å²) in [6.07, 6.45) is 2.74. The van der Waals surface area contributed by atoms with Crippen LogP contribution in [0.25, 0.3) is 0 Å². The van der Waals surface area contributed by atoms with E-state index < -0.39 is 0 Å². The van der Waals surface area contributed by atoms with E-state index in [1.54, 1.807) is 13.0 Å². The summed E-state index contributed by atoms with van der Waals surface area (Å²) in [6.45, 7) is 5.68. The Balaban J connectivity index is 2.77. The van der Waals surface area contributed by atoms with Crippen LogP contribution in [0.4, 0.5) is 5.82 Å². The minimum Gasteiger partial charge on any atom is -0.307 e. The second-order valence-electron chi connectivity index (χ2n) is 3.51. The van der Waals surface area contributed by atoms with E-state index in [2.05, 4.69) is 26.2 Å². The first-order chi connectivity index (χ1) is 7.54. The molecule has 0 aliphatic rings. The minimum absolute atomic E-state index is 0.101. The van der Waals surface area contributed by atoms with Crippen LogP contribution in [0.2, 0.25) is 0 Å². The van der Waals surface area contributed by atoms with Gasteiger partial charge in [0, 0.05) is 10.0 Å². The van der Waals surface area contributed by atoms with Crippen LogP contribution in [0.1, 0.15) is 26.0 Å². The Bertz CT molecular complexity index is 427. The van der Waals surface area contributed by atoms with Crippen molar-refractivity contribution < 1.29 is 4.79 Å². The largest absolute Gasteiger partial charge is 0.307 e. The number of nitrogens with zero attached hydrogens (tertiary/aromatic N) is 1. The molecule has 0 aliphatic heterocycles. The normalized spacial score (nSPS) is 11.4. The number of hydrogen-bond donors (Lipinski definition) is 1. The molecule has 1 rings (SSSR count). The Morgan fingerprint density at radius 3 is 2.81 bits per heavy atom. The van der Waals surface area contributed by atoms with Gasteiger partial charge in [0.15, 0.2) is 0 Å². The van der Waals surface area contributed by atoms with E-state index in [4.69, 9.17) is 0 Å². The lowest BCUT2D eigenvalue weighted by molar-refractivity contribution is -0.112. The zero-order valence-electron chi connectivity index (χ0n) is 9.67. The summed E-state index contributed by atoms with van der Waals surface area (Å²) in [4.78, 5) is 15.9. The first kappa shape index (κ1) is 12.9. The van der Waals surface area contributed by atoms with Crippen LogP contribution in [0, 0.1) is 6.92 Å². The number of pyridine rings is 1. The number of anilines is 1. The minimum atomic E-state index is -0.101. The van der Waals surface area contributed by atoms with Crippen molar-refractivity contribution >= 4 is 27.7 Å². The summed E-state index contributed by atoms with van der Waals surface area (Å²) in [5.41, 5.74) is 1.57. The number of halogens is 1.